The van der Waals surface area contributed by atoms with Crippen molar-refractivity contribution in [3.05, 3.63) is 24.3 Å². The highest BCUT2D eigenvalue weighted by molar-refractivity contribution is 7.91. The number of sulfone groups is 1. The van der Waals surface area contributed by atoms with Crippen molar-refractivity contribution in [2.24, 2.45) is 0 Å². The minimum Gasteiger partial charge on any atom is -0.325 e. The molecule has 106 valence electrons. The van der Waals surface area contributed by atoms with E-state index in [1.54, 1.807) is 7.05 Å². The largest absolute Gasteiger partial charge is 0.341 e. The van der Waals surface area contributed by atoms with Crippen LogP contribution in [0, 0.1) is 0 Å². The zero-order chi connectivity index (χ0) is 14.5. The highest BCUT2D eigenvalue weighted by Gasteiger charge is 2.29. The molecule has 1 amide bonds. The molecule has 0 atom stereocenters. The first-order valence-corrected chi connectivity index (χ1v) is 6.99. The van der Waals surface area contributed by atoms with Gasteiger partial charge in [-0.3, -0.25) is 4.79 Å². The summed E-state index contributed by atoms with van der Waals surface area (Å²) in [6, 6.07) is 5.08. The lowest BCUT2D eigenvalue weighted by Crippen LogP contribution is -2.21. The van der Waals surface area contributed by atoms with Crippen LogP contribution in [0.15, 0.2) is 29.2 Å². The molecule has 1 aromatic rings. The van der Waals surface area contributed by atoms with Gasteiger partial charge in [0.15, 0.2) is 0 Å². The number of carbonyl (C=O) groups is 1. The van der Waals surface area contributed by atoms with Gasteiger partial charge in [0.2, 0.25) is 15.7 Å². The molecule has 0 saturated heterocycles. The Balaban J connectivity index is 3.01. The van der Waals surface area contributed by atoms with Crippen molar-refractivity contribution >= 4 is 21.4 Å². The molecule has 0 saturated carbocycles. The molecule has 0 radical (unpaired) electrons. The third kappa shape index (κ3) is 3.97. The number of benzene rings is 1. The van der Waals surface area contributed by atoms with Crippen LogP contribution < -0.4 is 10.6 Å². The van der Waals surface area contributed by atoms with E-state index in [1.807, 2.05) is 0 Å². The summed E-state index contributed by atoms with van der Waals surface area (Å²) in [5, 5.41) is 5.06. The van der Waals surface area contributed by atoms with Crippen molar-refractivity contribution in [2.45, 2.75) is 17.1 Å². The van der Waals surface area contributed by atoms with Crippen LogP contribution >= 0.6 is 0 Å². The van der Waals surface area contributed by atoms with E-state index in [2.05, 4.69) is 10.6 Å². The highest BCUT2D eigenvalue weighted by atomic mass is 32.2. The Morgan fingerprint density at radius 2 is 1.95 bits per heavy atom. The molecule has 19 heavy (non-hydrogen) atoms. The summed E-state index contributed by atoms with van der Waals surface area (Å²) in [4.78, 5) is 10.9. The van der Waals surface area contributed by atoms with Crippen molar-refractivity contribution in [3.8, 4) is 0 Å². The third-order valence-electron chi connectivity index (χ3n) is 2.30. The smallest absolute Gasteiger partial charge is 0.325 e. The van der Waals surface area contributed by atoms with Gasteiger partial charge in [0.25, 0.3) is 0 Å². The summed E-state index contributed by atoms with van der Waals surface area (Å²) in [7, 11) is -3.08. The number of rotatable bonds is 6. The Labute approximate surface area is 109 Å². The van der Waals surface area contributed by atoms with Gasteiger partial charge in [-0.15, -0.1) is 0 Å². The fourth-order valence-electron chi connectivity index (χ4n) is 1.37. The predicted molar refractivity (Wildman–Crippen MR) is 66.8 cm³/mol. The van der Waals surface area contributed by atoms with Crippen LogP contribution in [0.4, 0.5) is 14.5 Å². The lowest BCUT2D eigenvalue weighted by atomic mass is 10.3. The summed E-state index contributed by atoms with van der Waals surface area (Å²) >= 11 is 0. The average Bonchev–Trinajstić information content (AvgIpc) is 2.36. The van der Waals surface area contributed by atoms with E-state index < -0.39 is 26.4 Å². The van der Waals surface area contributed by atoms with Gasteiger partial charge in [-0.25, -0.2) is 8.42 Å². The number of amides is 1. The molecule has 5 nitrogen and oxygen atoms in total. The number of nitrogens with one attached hydrogen (secondary N) is 2. The SMILES string of the molecule is CNCCC(=O)Nc1ccccc1S(=O)(=O)C(F)F. The average molecular weight is 292 g/mol. The van der Waals surface area contributed by atoms with Crippen molar-refractivity contribution in [3.63, 3.8) is 0 Å². The molecule has 0 fully saturated rings. The van der Waals surface area contributed by atoms with E-state index in [0.717, 1.165) is 6.07 Å². The molecule has 1 rings (SSSR count). The van der Waals surface area contributed by atoms with Gasteiger partial charge >= 0.3 is 5.76 Å². The van der Waals surface area contributed by atoms with Gasteiger partial charge in [0.1, 0.15) is 0 Å². The normalized spacial score (nSPS) is 11.6. The second-order valence-electron chi connectivity index (χ2n) is 3.70. The summed E-state index contributed by atoms with van der Waals surface area (Å²) in [5.74, 6) is -3.98. The number of alkyl halides is 2. The second kappa shape index (κ2) is 6.58. The van der Waals surface area contributed by atoms with Crippen molar-refractivity contribution in [1.82, 2.24) is 5.32 Å². The minimum atomic E-state index is -4.74. The first-order valence-electron chi connectivity index (χ1n) is 5.45. The quantitative estimate of drug-likeness (QED) is 0.827. The van der Waals surface area contributed by atoms with Gasteiger partial charge in [-0.2, -0.15) is 8.78 Å². The minimum absolute atomic E-state index is 0.111. The molecule has 0 bridgehead atoms. The summed E-state index contributed by atoms with van der Waals surface area (Å²) in [5.41, 5.74) is -0.135. The monoisotopic (exact) mass is 292 g/mol. The molecule has 0 aliphatic carbocycles. The third-order valence-corrected chi connectivity index (χ3v) is 3.74. The first-order chi connectivity index (χ1) is 8.89. The molecular weight excluding hydrogens is 278 g/mol. The molecule has 0 aliphatic heterocycles. The van der Waals surface area contributed by atoms with E-state index in [0.29, 0.717) is 6.54 Å². The predicted octanol–water partition coefficient (Wildman–Crippen LogP) is 1.23. The van der Waals surface area contributed by atoms with Gasteiger partial charge < -0.3 is 10.6 Å². The molecular formula is C11H14F2N2O3S. The Bertz CT molecular complexity index is 547. The Morgan fingerprint density at radius 1 is 1.32 bits per heavy atom. The highest BCUT2D eigenvalue weighted by Crippen LogP contribution is 2.26. The van der Waals surface area contributed by atoms with Gasteiger partial charge in [0, 0.05) is 13.0 Å². The van der Waals surface area contributed by atoms with Crippen LogP contribution in [-0.4, -0.2) is 33.7 Å². The lowest BCUT2D eigenvalue weighted by Gasteiger charge is -2.11. The van der Waals surface area contributed by atoms with E-state index in [1.165, 1.54) is 18.2 Å². The van der Waals surface area contributed by atoms with Crippen LogP contribution in [0.25, 0.3) is 0 Å². The summed E-state index contributed by atoms with van der Waals surface area (Å²) < 4.78 is 47.9. The van der Waals surface area contributed by atoms with Gasteiger partial charge in [0.05, 0.1) is 10.6 Å². The molecule has 0 aliphatic rings. The molecule has 0 heterocycles. The Morgan fingerprint density at radius 3 is 2.53 bits per heavy atom. The maximum Gasteiger partial charge on any atom is 0.341 e. The van der Waals surface area contributed by atoms with Gasteiger partial charge in [-0.05, 0) is 19.2 Å². The van der Waals surface area contributed by atoms with E-state index in [4.69, 9.17) is 0 Å². The molecule has 2 N–H and O–H groups in total. The van der Waals surface area contributed by atoms with Crippen LogP contribution in [0.5, 0.6) is 0 Å². The summed E-state index contributed by atoms with van der Waals surface area (Å²) in [6.07, 6.45) is 0.111. The number of hydrogen-bond acceptors (Lipinski definition) is 4. The van der Waals surface area contributed by atoms with E-state index in [-0.39, 0.29) is 12.1 Å². The first kappa shape index (κ1) is 15.5. The van der Waals surface area contributed by atoms with Crippen molar-refractivity contribution in [2.75, 3.05) is 18.9 Å². The zero-order valence-corrected chi connectivity index (χ0v) is 11.0. The Kier molecular flexibility index (Phi) is 5.37. The Hall–Kier alpha value is -1.54. The van der Waals surface area contributed by atoms with Crippen LogP contribution in [0.1, 0.15) is 6.42 Å². The molecule has 8 heteroatoms. The van der Waals surface area contributed by atoms with Crippen molar-refractivity contribution in [1.29, 1.82) is 0 Å². The second-order valence-corrected chi connectivity index (χ2v) is 5.59. The number of halogens is 2. The van der Waals surface area contributed by atoms with E-state index in [9.17, 15) is 22.0 Å². The summed E-state index contributed by atoms with van der Waals surface area (Å²) in [6.45, 7) is 0.398. The number of hydrogen-bond donors (Lipinski definition) is 2. The lowest BCUT2D eigenvalue weighted by molar-refractivity contribution is -0.116. The van der Waals surface area contributed by atoms with Crippen LogP contribution in [0.2, 0.25) is 0 Å². The number of carbonyl (C=O) groups excluding carboxylic acids is 1. The fraction of sp³-hybridized carbons (Fsp3) is 0.364. The maximum atomic E-state index is 12.5. The molecule has 0 unspecified atom stereocenters. The van der Waals surface area contributed by atoms with Crippen molar-refractivity contribution < 1.29 is 22.0 Å². The van der Waals surface area contributed by atoms with Gasteiger partial charge in [-0.1, -0.05) is 12.1 Å². The van der Waals surface area contributed by atoms with Crippen LogP contribution in [0.3, 0.4) is 0 Å². The molecule has 0 spiro atoms. The molecule has 0 aromatic heterocycles. The van der Waals surface area contributed by atoms with E-state index >= 15 is 0 Å². The topological polar surface area (TPSA) is 75.3 Å². The number of anilines is 1. The van der Waals surface area contributed by atoms with Crippen LogP contribution in [-0.2, 0) is 14.6 Å². The maximum absolute atomic E-state index is 12.5. The standard InChI is InChI=1S/C11H14F2N2O3S/c1-14-7-6-10(16)15-8-4-2-3-5-9(8)19(17,18)11(12)13/h2-5,11,14H,6-7H2,1H3,(H,15,16). The number of para-hydroxylation sites is 1. The fourth-order valence-corrected chi connectivity index (χ4v) is 2.25. The molecule has 1 aromatic carbocycles. The zero-order valence-electron chi connectivity index (χ0n) is 10.2.